The normalized spacial score (nSPS) is 13.6. The van der Waals surface area contributed by atoms with Gasteiger partial charge in [-0.05, 0) is 66.6 Å². The van der Waals surface area contributed by atoms with Gasteiger partial charge in [-0.15, -0.1) is 6.42 Å². The highest BCUT2D eigenvalue weighted by atomic mass is 32.2. The summed E-state index contributed by atoms with van der Waals surface area (Å²) in [7, 11) is -0.217. The SMILES string of the molecule is C#Cc1cc(Nc2cc(Oc3ccc(N(C(N)=O)c4cc(C(C)(C)C)cc(NS(C)(=O)=O)c4OC)c4ccccc34)ccn2)cc(C(=O)NCCN2CCN(C)CC2)c1. The number of urea groups is 1. The average molecular weight is 819 g/mol. The number of benzene rings is 4. The molecule has 308 valence electrons. The first-order valence-corrected chi connectivity index (χ1v) is 21.0. The van der Waals surface area contributed by atoms with Gasteiger partial charge in [-0.2, -0.15) is 0 Å². The van der Waals surface area contributed by atoms with Crippen molar-refractivity contribution in [3.05, 3.63) is 102 Å². The van der Waals surface area contributed by atoms with E-state index >= 15 is 0 Å². The van der Waals surface area contributed by atoms with Crippen LogP contribution in [0.3, 0.4) is 0 Å². The van der Waals surface area contributed by atoms with Crippen LogP contribution in [-0.2, 0) is 15.4 Å². The number of amides is 3. The van der Waals surface area contributed by atoms with Crippen LogP contribution in [0, 0.1) is 12.3 Å². The molecule has 1 aromatic heterocycles. The molecule has 14 nitrogen and oxygen atoms in total. The topological polar surface area (TPSA) is 171 Å². The Morgan fingerprint density at radius 3 is 2.36 bits per heavy atom. The summed E-state index contributed by atoms with van der Waals surface area (Å²) >= 11 is 0. The Kier molecular flexibility index (Phi) is 12.6. The number of rotatable bonds is 13. The fourth-order valence-corrected chi connectivity index (χ4v) is 7.39. The van der Waals surface area contributed by atoms with Gasteiger partial charge in [0.25, 0.3) is 5.91 Å². The Hall–Kier alpha value is -6.34. The van der Waals surface area contributed by atoms with Crippen molar-refractivity contribution >= 4 is 61.3 Å². The number of carbonyl (C=O) groups is 2. The van der Waals surface area contributed by atoms with Crippen LogP contribution < -0.4 is 35.5 Å². The summed E-state index contributed by atoms with van der Waals surface area (Å²) in [4.78, 5) is 37.0. The highest BCUT2D eigenvalue weighted by Gasteiger charge is 2.28. The lowest BCUT2D eigenvalue weighted by atomic mass is 9.86. The molecule has 0 bridgehead atoms. The van der Waals surface area contributed by atoms with Gasteiger partial charge in [0, 0.05) is 79.1 Å². The lowest BCUT2D eigenvalue weighted by Gasteiger charge is -2.32. The number of anilines is 5. The molecule has 0 unspecified atom stereocenters. The standard InChI is InChI=1S/C44H50N8O6S/c1-8-29-23-30(42(53)47-17-18-51-21-19-50(5)20-22-51)25-32(24-29)48-40-28-33(15-16-46-40)58-39-14-13-37(34-11-9-10-12-35(34)39)52(43(45)54)38-27-31(44(2,3)4)26-36(41(38)57-6)49-59(7,55)56/h1,9-16,23-28,49H,17-22H2,2-7H3,(H2,45,54)(H,46,48)(H,47,53). The molecule has 1 aliphatic rings. The van der Waals surface area contributed by atoms with Crippen LogP contribution in [0.4, 0.5) is 33.4 Å². The van der Waals surface area contributed by atoms with Crippen LogP contribution in [-0.4, -0.2) is 94.8 Å². The third-order valence-electron chi connectivity index (χ3n) is 9.90. The van der Waals surface area contributed by atoms with Gasteiger partial charge in [0.2, 0.25) is 10.0 Å². The van der Waals surface area contributed by atoms with Crippen molar-refractivity contribution in [2.24, 2.45) is 5.73 Å². The van der Waals surface area contributed by atoms with E-state index in [0.29, 0.717) is 57.1 Å². The number of nitrogens with zero attached hydrogens (tertiary/aromatic N) is 4. The van der Waals surface area contributed by atoms with Crippen LogP contribution in [0.15, 0.2) is 85.1 Å². The second-order valence-electron chi connectivity index (χ2n) is 15.5. The number of fused-ring (bicyclic) bond motifs is 1. The van der Waals surface area contributed by atoms with Crippen molar-refractivity contribution < 1.29 is 27.5 Å². The molecule has 1 fully saturated rings. The fourth-order valence-electron chi connectivity index (χ4n) is 6.84. The third-order valence-corrected chi connectivity index (χ3v) is 10.5. The summed E-state index contributed by atoms with van der Waals surface area (Å²) in [6.07, 6.45) is 8.41. The van der Waals surface area contributed by atoms with Gasteiger partial charge in [-0.3, -0.25) is 19.3 Å². The lowest BCUT2D eigenvalue weighted by Crippen LogP contribution is -2.46. The first-order valence-electron chi connectivity index (χ1n) is 19.1. The number of ether oxygens (including phenoxy) is 2. The number of hydrogen-bond acceptors (Lipinski definition) is 10. The Morgan fingerprint density at radius 2 is 1.69 bits per heavy atom. The molecule has 0 spiro atoms. The van der Waals surface area contributed by atoms with Crippen LogP contribution in [0.2, 0.25) is 0 Å². The molecule has 3 amide bonds. The lowest BCUT2D eigenvalue weighted by molar-refractivity contribution is 0.0941. The number of nitrogens with one attached hydrogen (secondary N) is 3. The minimum atomic E-state index is -3.72. The monoisotopic (exact) mass is 818 g/mol. The molecule has 0 saturated carbocycles. The molecule has 15 heteroatoms. The molecule has 5 N–H and O–H groups in total. The van der Waals surface area contributed by atoms with Crippen LogP contribution >= 0.6 is 0 Å². The van der Waals surface area contributed by atoms with E-state index in [4.69, 9.17) is 21.6 Å². The number of hydrogen-bond donors (Lipinski definition) is 4. The molecule has 6 rings (SSSR count). The van der Waals surface area contributed by atoms with Crippen LogP contribution in [0.1, 0.15) is 42.3 Å². The fraction of sp³-hybridized carbons (Fsp3) is 0.295. The number of primary amides is 1. The van der Waals surface area contributed by atoms with E-state index in [1.807, 2.05) is 45.0 Å². The maximum atomic E-state index is 13.4. The number of aromatic nitrogens is 1. The molecule has 0 aliphatic carbocycles. The minimum absolute atomic E-state index is 0.116. The third kappa shape index (κ3) is 10.4. The van der Waals surface area contributed by atoms with Crippen LogP contribution in [0.5, 0.6) is 17.2 Å². The number of nitrogens with two attached hydrogens (primary N) is 1. The van der Waals surface area contributed by atoms with Crippen molar-refractivity contribution in [2.75, 3.05) is 74.6 Å². The molecule has 2 heterocycles. The molecule has 59 heavy (non-hydrogen) atoms. The van der Waals surface area contributed by atoms with Gasteiger partial charge in [0.1, 0.15) is 17.3 Å². The first-order chi connectivity index (χ1) is 28.0. The molecule has 1 saturated heterocycles. The second-order valence-corrected chi connectivity index (χ2v) is 17.2. The summed E-state index contributed by atoms with van der Waals surface area (Å²) < 4.78 is 39.5. The number of piperazine rings is 1. The molecular formula is C44H50N8O6S. The second kappa shape index (κ2) is 17.7. The zero-order chi connectivity index (χ0) is 42.5. The van der Waals surface area contributed by atoms with Crippen molar-refractivity contribution in [2.45, 2.75) is 26.2 Å². The maximum Gasteiger partial charge on any atom is 0.324 e. The zero-order valence-corrected chi connectivity index (χ0v) is 34.9. The predicted molar refractivity (Wildman–Crippen MR) is 234 cm³/mol. The van der Waals surface area contributed by atoms with Crippen molar-refractivity contribution in [3.63, 3.8) is 0 Å². The molecule has 0 radical (unpaired) electrons. The minimum Gasteiger partial charge on any atom is -0.492 e. The average Bonchev–Trinajstić information content (AvgIpc) is 3.18. The predicted octanol–water partition coefficient (Wildman–Crippen LogP) is 6.62. The Bertz CT molecular complexity index is 2520. The van der Waals surface area contributed by atoms with E-state index in [1.54, 1.807) is 60.8 Å². The summed E-state index contributed by atoms with van der Waals surface area (Å²) in [5, 5.41) is 7.55. The van der Waals surface area contributed by atoms with Crippen LogP contribution in [0.25, 0.3) is 10.8 Å². The largest absolute Gasteiger partial charge is 0.492 e. The quantitative estimate of drug-likeness (QED) is 0.0947. The van der Waals surface area contributed by atoms with E-state index in [0.717, 1.165) is 44.5 Å². The molecule has 0 atom stereocenters. The number of methoxy groups -OCH3 is 1. The van der Waals surface area contributed by atoms with E-state index in [-0.39, 0.29) is 23.0 Å². The van der Waals surface area contributed by atoms with E-state index in [2.05, 4.69) is 43.1 Å². The summed E-state index contributed by atoms with van der Waals surface area (Å²) in [6, 6.07) is 22.0. The number of likely N-dealkylation sites (N-methyl/N-ethyl adjacent to an activating group) is 1. The van der Waals surface area contributed by atoms with E-state index < -0.39 is 21.5 Å². The van der Waals surface area contributed by atoms with Crippen molar-refractivity contribution in [1.82, 2.24) is 20.1 Å². The summed E-state index contributed by atoms with van der Waals surface area (Å²) in [5.74, 6) is 3.91. The maximum absolute atomic E-state index is 13.4. The molecule has 1 aliphatic heterocycles. The molecule has 5 aromatic rings. The Labute approximate surface area is 345 Å². The van der Waals surface area contributed by atoms with Gasteiger partial charge < -0.3 is 30.7 Å². The number of carbonyl (C=O) groups excluding carboxylic acids is 2. The smallest absolute Gasteiger partial charge is 0.324 e. The Morgan fingerprint density at radius 1 is 0.966 bits per heavy atom. The highest BCUT2D eigenvalue weighted by molar-refractivity contribution is 7.92. The van der Waals surface area contributed by atoms with E-state index in [9.17, 15) is 18.0 Å². The number of sulfonamides is 1. The van der Waals surface area contributed by atoms with Crippen molar-refractivity contribution in [3.8, 4) is 29.6 Å². The Balaban J connectivity index is 1.27. The zero-order valence-electron chi connectivity index (χ0n) is 34.1. The van der Waals surface area contributed by atoms with Gasteiger partial charge in [0.05, 0.1) is 30.4 Å². The first kappa shape index (κ1) is 42.3. The highest BCUT2D eigenvalue weighted by Crippen LogP contribution is 2.46. The summed E-state index contributed by atoms with van der Waals surface area (Å²) in [6.45, 7) is 11.2. The number of terminal acetylenes is 1. The summed E-state index contributed by atoms with van der Waals surface area (Å²) in [5.41, 5.74) is 8.77. The van der Waals surface area contributed by atoms with E-state index in [1.165, 1.54) is 12.0 Å². The number of pyridine rings is 1. The van der Waals surface area contributed by atoms with Gasteiger partial charge in [-0.25, -0.2) is 18.2 Å². The van der Waals surface area contributed by atoms with Gasteiger partial charge in [-0.1, -0.05) is 51.0 Å². The van der Waals surface area contributed by atoms with Gasteiger partial charge in [0.15, 0.2) is 5.75 Å². The van der Waals surface area contributed by atoms with Crippen molar-refractivity contribution in [1.29, 1.82) is 0 Å². The van der Waals surface area contributed by atoms with Gasteiger partial charge >= 0.3 is 6.03 Å². The molecular weight excluding hydrogens is 769 g/mol. The molecule has 4 aromatic carbocycles.